The molecule has 26 heavy (non-hydrogen) atoms. The predicted molar refractivity (Wildman–Crippen MR) is 126 cm³/mol. The molecule has 162 valence electrons. The van der Waals surface area contributed by atoms with Crippen LogP contribution in [0.3, 0.4) is 0 Å². The molecule has 3 aliphatic rings. The van der Waals surface area contributed by atoms with Gasteiger partial charge < -0.3 is 0 Å². The summed E-state index contributed by atoms with van der Waals surface area (Å²) in [6, 6.07) is 0. The summed E-state index contributed by atoms with van der Waals surface area (Å²) in [6.07, 6.45) is 22.3. The lowest BCUT2D eigenvalue weighted by Gasteiger charge is -2.15. The van der Waals surface area contributed by atoms with Gasteiger partial charge in [-0.05, 0) is 17.8 Å². The summed E-state index contributed by atoms with van der Waals surface area (Å²) in [5.74, 6) is 3.11. The maximum absolute atomic E-state index is 2.36. The average molecular weight is 371 g/mol. The van der Waals surface area contributed by atoms with E-state index in [1.165, 1.54) is 96.3 Å². The summed E-state index contributed by atoms with van der Waals surface area (Å²) < 4.78 is 0. The molecule has 0 N–H and O–H groups in total. The van der Waals surface area contributed by atoms with Crippen molar-refractivity contribution in [2.24, 2.45) is 17.8 Å². The highest BCUT2D eigenvalue weighted by Gasteiger charge is 2.07. The lowest BCUT2D eigenvalue weighted by molar-refractivity contribution is 0.385. The van der Waals surface area contributed by atoms with E-state index in [1.54, 1.807) is 0 Å². The molecule has 0 heterocycles. The van der Waals surface area contributed by atoms with Crippen molar-refractivity contribution in [1.82, 2.24) is 0 Å². The highest BCUT2D eigenvalue weighted by Crippen LogP contribution is 2.23. The van der Waals surface area contributed by atoms with Crippen LogP contribution in [0.1, 0.15) is 152 Å². The topological polar surface area (TPSA) is 0 Å². The average Bonchev–Trinajstić information content (AvgIpc) is 2.68. The first-order chi connectivity index (χ1) is 12.2. The second-order valence-corrected chi connectivity index (χ2v) is 8.23. The molecule has 0 unspecified atom stereocenters. The Kier molecular flexibility index (Phi) is 29.5. The Balaban J connectivity index is -0.000000273. The molecule has 0 atom stereocenters. The molecule has 0 amide bonds. The summed E-state index contributed by atoms with van der Waals surface area (Å²) in [6.45, 7) is 15.1. The van der Waals surface area contributed by atoms with Gasteiger partial charge in [-0.3, -0.25) is 0 Å². The van der Waals surface area contributed by atoms with Gasteiger partial charge in [0.1, 0.15) is 0 Å². The Labute approximate surface area is 170 Å². The summed E-state index contributed by atoms with van der Waals surface area (Å²) in [5, 5.41) is 0. The molecule has 0 saturated heterocycles. The first kappa shape index (κ1) is 30.7. The van der Waals surface area contributed by atoms with Crippen LogP contribution in [0.2, 0.25) is 0 Å². The van der Waals surface area contributed by atoms with Crippen LogP contribution in [0.25, 0.3) is 0 Å². The largest absolute Gasteiger partial charge is 0.0776 e. The van der Waals surface area contributed by atoms with Crippen LogP contribution in [0.5, 0.6) is 0 Å². The third-order valence-electron chi connectivity index (χ3n) is 5.68. The molecule has 0 radical (unpaired) electrons. The standard InChI is InChI=1S/3C7H14.2C2H6.CH4/c3*1-7-5-3-2-4-6-7;2*1-2;/h3*7H,2-6H2,1H3;2*1-2H3;1H4. The van der Waals surface area contributed by atoms with E-state index in [0.717, 1.165) is 17.8 Å². The van der Waals surface area contributed by atoms with E-state index in [1.807, 2.05) is 27.7 Å². The molecule has 0 aliphatic heterocycles. The van der Waals surface area contributed by atoms with Crippen molar-refractivity contribution < 1.29 is 0 Å². The Bertz CT molecular complexity index is 164. The van der Waals surface area contributed by atoms with Crippen LogP contribution >= 0.6 is 0 Å². The van der Waals surface area contributed by atoms with Crippen molar-refractivity contribution in [3.63, 3.8) is 0 Å². The zero-order valence-corrected chi connectivity index (χ0v) is 19.3. The fourth-order valence-electron chi connectivity index (χ4n) is 3.92. The number of hydrogen-bond donors (Lipinski definition) is 0. The smallest absolute Gasteiger partial charge is 0.0443 e. The van der Waals surface area contributed by atoms with E-state index >= 15 is 0 Å². The summed E-state index contributed by atoms with van der Waals surface area (Å²) in [4.78, 5) is 0. The maximum atomic E-state index is 2.36. The fourth-order valence-corrected chi connectivity index (χ4v) is 3.92. The molecule has 0 heteroatoms. The van der Waals surface area contributed by atoms with Gasteiger partial charge in [-0.2, -0.15) is 0 Å². The van der Waals surface area contributed by atoms with Gasteiger partial charge in [0.05, 0.1) is 0 Å². The normalized spacial score (nSPS) is 20.9. The molecule has 0 bridgehead atoms. The van der Waals surface area contributed by atoms with Crippen LogP contribution < -0.4 is 0 Å². The first-order valence-corrected chi connectivity index (χ1v) is 12.2. The minimum Gasteiger partial charge on any atom is -0.0776 e. The molecule has 0 spiro atoms. The molecular weight excluding hydrogens is 312 g/mol. The third-order valence-corrected chi connectivity index (χ3v) is 5.68. The van der Waals surface area contributed by atoms with Gasteiger partial charge in [0.2, 0.25) is 0 Å². The van der Waals surface area contributed by atoms with Crippen molar-refractivity contribution in [3.05, 3.63) is 0 Å². The minimum absolute atomic E-state index is 0. The summed E-state index contributed by atoms with van der Waals surface area (Å²) >= 11 is 0. The summed E-state index contributed by atoms with van der Waals surface area (Å²) in [7, 11) is 0. The van der Waals surface area contributed by atoms with Crippen LogP contribution in [0.4, 0.5) is 0 Å². The van der Waals surface area contributed by atoms with E-state index in [4.69, 9.17) is 0 Å². The van der Waals surface area contributed by atoms with Crippen molar-refractivity contribution in [2.45, 2.75) is 152 Å². The quantitative estimate of drug-likeness (QED) is 0.397. The van der Waals surface area contributed by atoms with Crippen molar-refractivity contribution in [2.75, 3.05) is 0 Å². The monoisotopic (exact) mass is 370 g/mol. The van der Waals surface area contributed by atoms with E-state index in [0.29, 0.717) is 0 Å². The van der Waals surface area contributed by atoms with E-state index in [9.17, 15) is 0 Å². The van der Waals surface area contributed by atoms with Crippen LogP contribution in [-0.4, -0.2) is 0 Å². The Morgan fingerprint density at radius 2 is 0.500 bits per heavy atom. The van der Waals surface area contributed by atoms with Gasteiger partial charge in [-0.15, -0.1) is 0 Å². The number of rotatable bonds is 0. The lowest BCUT2D eigenvalue weighted by Crippen LogP contribution is -1.99. The van der Waals surface area contributed by atoms with Crippen molar-refractivity contribution >= 4 is 0 Å². The van der Waals surface area contributed by atoms with Gasteiger partial charge in [0, 0.05) is 0 Å². The highest BCUT2D eigenvalue weighted by molar-refractivity contribution is 4.60. The molecule has 3 saturated carbocycles. The van der Waals surface area contributed by atoms with Gasteiger partial charge in [-0.25, -0.2) is 0 Å². The molecule has 0 aromatic rings. The zero-order chi connectivity index (χ0) is 19.3. The second kappa shape index (κ2) is 25.0. The van der Waals surface area contributed by atoms with E-state index in [2.05, 4.69) is 20.8 Å². The van der Waals surface area contributed by atoms with Crippen LogP contribution in [0, 0.1) is 17.8 Å². The Hall–Kier alpha value is 0. The van der Waals surface area contributed by atoms with Gasteiger partial charge >= 0.3 is 0 Å². The molecule has 0 aromatic carbocycles. The third kappa shape index (κ3) is 22.0. The maximum Gasteiger partial charge on any atom is -0.0443 e. The molecule has 0 nitrogen and oxygen atoms in total. The minimum atomic E-state index is 0. The molecule has 3 rings (SSSR count). The van der Waals surface area contributed by atoms with Gasteiger partial charge in [-0.1, -0.05) is 152 Å². The Morgan fingerprint density at radius 1 is 0.346 bits per heavy atom. The molecule has 3 fully saturated rings. The second-order valence-electron chi connectivity index (χ2n) is 8.23. The van der Waals surface area contributed by atoms with E-state index in [-0.39, 0.29) is 7.43 Å². The summed E-state index contributed by atoms with van der Waals surface area (Å²) in [5.41, 5.74) is 0. The molecule has 3 aliphatic carbocycles. The van der Waals surface area contributed by atoms with Crippen LogP contribution in [0.15, 0.2) is 0 Å². The van der Waals surface area contributed by atoms with E-state index < -0.39 is 0 Å². The van der Waals surface area contributed by atoms with Crippen LogP contribution in [-0.2, 0) is 0 Å². The van der Waals surface area contributed by atoms with Crippen molar-refractivity contribution in [1.29, 1.82) is 0 Å². The SMILES string of the molecule is C.CC.CC.CC1CCCCC1.CC1CCCCC1.CC1CCCCC1. The molecule has 0 aromatic heterocycles. The first-order valence-electron chi connectivity index (χ1n) is 12.2. The van der Waals surface area contributed by atoms with Gasteiger partial charge in [0.15, 0.2) is 0 Å². The fraction of sp³-hybridized carbons (Fsp3) is 1.00. The highest BCUT2D eigenvalue weighted by atomic mass is 14.1. The predicted octanol–water partition coefficient (Wildman–Crippen LogP) is 10.4. The number of hydrogen-bond acceptors (Lipinski definition) is 0. The Morgan fingerprint density at radius 3 is 0.577 bits per heavy atom. The molecular formula is C26H58. The van der Waals surface area contributed by atoms with Crippen molar-refractivity contribution in [3.8, 4) is 0 Å². The lowest BCUT2D eigenvalue weighted by atomic mass is 9.91. The van der Waals surface area contributed by atoms with Gasteiger partial charge in [0.25, 0.3) is 0 Å². The zero-order valence-electron chi connectivity index (χ0n) is 19.3.